The van der Waals surface area contributed by atoms with Crippen LogP contribution in [0.2, 0.25) is 0 Å². The number of carbonyl (C=O) groups excluding carboxylic acids is 1. The minimum Gasteiger partial charge on any atom is -0.465 e. The van der Waals surface area contributed by atoms with Crippen molar-refractivity contribution in [3.05, 3.63) is 41.8 Å². The van der Waals surface area contributed by atoms with Gasteiger partial charge in [-0.1, -0.05) is 0 Å². The van der Waals surface area contributed by atoms with Crippen LogP contribution in [0.15, 0.2) is 30.5 Å². The highest BCUT2D eigenvalue weighted by Crippen LogP contribution is 2.39. The first-order valence-electron chi connectivity index (χ1n) is 9.77. The third kappa shape index (κ3) is 3.89. The first kappa shape index (κ1) is 20.6. The predicted octanol–water partition coefficient (Wildman–Crippen LogP) is 1.94. The Morgan fingerprint density at radius 1 is 1.32 bits per heavy atom. The van der Waals surface area contributed by atoms with Gasteiger partial charge in [-0.2, -0.15) is 10.4 Å². The zero-order chi connectivity index (χ0) is 22.1. The Balaban J connectivity index is 1.66. The van der Waals surface area contributed by atoms with Crippen molar-refractivity contribution >= 4 is 23.5 Å². The number of aromatic nitrogens is 2. The number of nitrogens with zero attached hydrogens (tertiary/aromatic N) is 4. The van der Waals surface area contributed by atoms with Gasteiger partial charge in [0.1, 0.15) is 11.4 Å². The topological polar surface area (TPSA) is 146 Å². The lowest BCUT2D eigenvalue weighted by molar-refractivity contribution is -0.0923. The van der Waals surface area contributed by atoms with E-state index in [1.54, 1.807) is 0 Å². The predicted molar refractivity (Wildman–Crippen MR) is 106 cm³/mol. The summed E-state index contributed by atoms with van der Waals surface area (Å²) in [7, 11) is 0. The molecule has 2 aliphatic rings. The summed E-state index contributed by atoms with van der Waals surface area (Å²) in [6.45, 7) is 1.01. The average Bonchev–Trinajstić information content (AvgIpc) is 3.11. The van der Waals surface area contributed by atoms with E-state index in [-0.39, 0.29) is 23.8 Å². The molecule has 3 atom stereocenters. The van der Waals surface area contributed by atoms with Gasteiger partial charge >= 0.3 is 6.09 Å². The summed E-state index contributed by atoms with van der Waals surface area (Å²) < 4.78 is 19.9. The van der Waals surface area contributed by atoms with Crippen molar-refractivity contribution in [1.82, 2.24) is 14.7 Å². The number of amides is 2. The standard InChI is InChI=1S/C20H21FN6O4/c21-12-1-3-13(4-2-12)24-19-15(18(23)28)8-27(25-19)16-5-6-26(20(29)30)17(14(16)7-22)11-9-31-10-11/h1-4,8,11,14,16-17H,5-6,9-10H2,(H2,23,28)(H,24,25)(H,29,30). The van der Waals surface area contributed by atoms with Crippen molar-refractivity contribution < 1.29 is 23.8 Å². The van der Waals surface area contributed by atoms with Crippen LogP contribution < -0.4 is 11.1 Å². The van der Waals surface area contributed by atoms with Crippen molar-refractivity contribution in [3.63, 3.8) is 0 Å². The lowest BCUT2D eigenvalue weighted by Crippen LogP contribution is -2.58. The van der Waals surface area contributed by atoms with Gasteiger partial charge in [0.15, 0.2) is 5.82 Å². The molecular formula is C20H21FN6O4. The van der Waals surface area contributed by atoms with E-state index in [0.717, 1.165) is 0 Å². The molecule has 3 unspecified atom stereocenters. The Morgan fingerprint density at radius 3 is 2.58 bits per heavy atom. The van der Waals surface area contributed by atoms with Crippen LogP contribution in [0.25, 0.3) is 0 Å². The number of hydrogen-bond acceptors (Lipinski definition) is 6. The molecule has 4 N–H and O–H groups in total. The number of nitriles is 1. The highest BCUT2D eigenvalue weighted by Gasteiger charge is 2.47. The Labute approximate surface area is 177 Å². The Morgan fingerprint density at radius 2 is 2.03 bits per heavy atom. The molecule has 3 heterocycles. The maximum Gasteiger partial charge on any atom is 0.407 e. The van der Waals surface area contributed by atoms with Crippen molar-refractivity contribution in [1.29, 1.82) is 5.26 Å². The number of carboxylic acid groups (broad SMARTS) is 1. The number of halogens is 1. The summed E-state index contributed by atoms with van der Waals surface area (Å²) in [4.78, 5) is 25.0. The fourth-order valence-corrected chi connectivity index (χ4v) is 4.21. The minimum atomic E-state index is -1.08. The second-order valence-electron chi connectivity index (χ2n) is 7.64. The molecule has 0 spiro atoms. The van der Waals surface area contributed by atoms with Gasteiger partial charge < -0.3 is 25.8 Å². The number of rotatable bonds is 5. The number of piperidine rings is 1. The molecule has 0 radical (unpaired) electrons. The number of ether oxygens (including phenoxy) is 1. The van der Waals surface area contributed by atoms with Crippen LogP contribution in [0, 0.1) is 29.0 Å². The van der Waals surface area contributed by atoms with Crippen molar-refractivity contribution in [3.8, 4) is 6.07 Å². The van der Waals surface area contributed by atoms with Crippen LogP contribution in [0.5, 0.6) is 0 Å². The van der Waals surface area contributed by atoms with Crippen LogP contribution in [0.1, 0.15) is 22.8 Å². The first-order valence-corrected chi connectivity index (χ1v) is 9.77. The average molecular weight is 428 g/mol. The van der Waals surface area contributed by atoms with Crippen LogP contribution >= 0.6 is 0 Å². The molecule has 0 bridgehead atoms. The third-order valence-electron chi connectivity index (χ3n) is 5.79. The minimum absolute atomic E-state index is 0.0773. The zero-order valence-corrected chi connectivity index (χ0v) is 16.4. The molecule has 162 valence electrons. The van der Waals surface area contributed by atoms with E-state index in [9.17, 15) is 24.3 Å². The maximum atomic E-state index is 13.2. The summed E-state index contributed by atoms with van der Waals surface area (Å²) in [5, 5.41) is 26.9. The number of benzene rings is 1. The van der Waals surface area contributed by atoms with Crippen LogP contribution in [0.4, 0.5) is 20.7 Å². The summed E-state index contributed by atoms with van der Waals surface area (Å²) in [5.74, 6) is -1.69. The molecule has 4 rings (SSSR count). The summed E-state index contributed by atoms with van der Waals surface area (Å²) >= 11 is 0. The van der Waals surface area contributed by atoms with Gasteiger partial charge in [-0.15, -0.1) is 0 Å². The summed E-state index contributed by atoms with van der Waals surface area (Å²) in [5.41, 5.74) is 6.14. The number of nitrogens with two attached hydrogens (primary N) is 1. The molecule has 10 nitrogen and oxygen atoms in total. The SMILES string of the molecule is N#CC1C(C2COC2)N(C(=O)O)CCC1n1cc(C(N)=O)c(Nc2ccc(F)cc2)n1. The monoisotopic (exact) mass is 428 g/mol. The van der Waals surface area contributed by atoms with Gasteiger partial charge in [0, 0.05) is 24.3 Å². The molecule has 1 aromatic carbocycles. The number of carbonyl (C=O) groups is 2. The molecule has 31 heavy (non-hydrogen) atoms. The van der Waals surface area contributed by atoms with Crippen molar-refractivity contribution in [2.24, 2.45) is 17.6 Å². The maximum absolute atomic E-state index is 13.2. The molecule has 2 amide bonds. The van der Waals surface area contributed by atoms with E-state index in [4.69, 9.17) is 10.5 Å². The highest BCUT2D eigenvalue weighted by molar-refractivity contribution is 5.98. The number of nitrogens with one attached hydrogen (secondary N) is 1. The number of anilines is 2. The van der Waals surface area contributed by atoms with E-state index in [2.05, 4.69) is 16.5 Å². The Hall–Kier alpha value is -3.65. The number of primary amides is 1. The molecule has 2 saturated heterocycles. The fraction of sp³-hybridized carbons (Fsp3) is 0.400. The quantitative estimate of drug-likeness (QED) is 0.659. The molecule has 1 aromatic heterocycles. The lowest BCUT2D eigenvalue weighted by Gasteiger charge is -2.47. The van der Waals surface area contributed by atoms with Crippen molar-refractivity contribution in [2.75, 3.05) is 25.1 Å². The normalized spacial score (nSPS) is 23.6. The van der Waals surface area contributed by atoms with E-state index >= 15 is 0 Å². The highest BCUT2D eigenvalue weighted by atomic mass is 19.1. The molecule has 0 aliphatic carbocycles. The van der Waals surface area contributed by atoms with E-state index in [1.807, 2.05) is 0 Å². The van der Waals surface area contributed by atoms with Gasteiger partial charge in [-0.05, 0) is 30.7 Å². The molecule has 2 aromatic rings. The smallest absolute Gasteiger partial charge is 0.407 e. The van der Waals surface area contributed by atoms with Crippen LogP contribution in [-0.2, 0) is 4.74 Å². The Kier molecular flexibility index (Phi) is 5.48. The lowest BCUT2D eigenvalue weighted by atomic mass is 9.78. The molecule has 0 saturated carbocycles. The summed E-state index contributed by atoms with van der Waals surface area (Å²) in [6, 6.07) is 6.78. The molecule has 2 aliphatic heterocycles. The van der Waals surface area contributed by atoms with E-state index in [0.29, 0.717) is 25.3 Å². The van der Waals surface area contributed by atoms with Gasteiger partial charge in [0.25, 0.3) is 5.91 Å². The second-order valence-corrected chi connectivity index (χ2v) is 7.64. The summed E-state index contributed by atoms with van der Waals surface area (Å²) in [6.07, 6.45) is 0.742. The largest absolute Gasteiger partial charge is 0.465 e. The van der Waals surface area contributed by atoms with Gasteiger partial charge in [0.2, 0.25) is 0 Å². The number of likely N-dealkylation sites (tertiary alicyclic amines) is 1. The van der Waals surface area contributed by atoms with Crippen molar-refractivity contribution in [2.45, 2.75) is 18.5 Å². The van der Waals surface area contributed by atoms with Crippen LogP contribution in [-0.4, -0.2) is 57.6 Å². The van der Waals surface area contributed by atoms with E-state index < -0.39 is 35.8 Å². The zero-order valence-electron chi connectivity index (χ0n) is 16.4. The van der Waals surface area contributed by atoms with E-state index in [1.165, 1.54) is 40.0 Å². The first-order chi connectivity index (χ1) is 14.9. The van der Waals surface area contributed by atoms with Gasteiger partial charge in [-0.25, -0.2) is 9.18 Å². The molecular weight excluding hydrogens is 407 g/mol. The third-order valence-corrected chi connectivity index (χ3v) is 5.79. The van der Waals surface area contributed by atoms with Crippen LogP contribution in [0.3, 0.4) is 0 Å². The molecule has 11 heteroatoms. The Bertz CT molecular complexity index is 1030. The fourth-order valence-electron chi connectivity index (χ4n) is 4.21. The van der Waals surface area contributed by atoms with Gasteiger partial charge in [-0.3, -0.25) is 9.48 Å². The second kappa shape index (κ2) is 8.23. The molecule has 2 fully saturated rings. The number of hydrogen-bond donors (Lipinski definition) is 3. The van der Waals surface area contributed by atoms with Gasteiger partial charge in [0.05, 0.1) is 37.3 Å².